The van der Waals surface area contributed by atoms with Crippen molar-refractivity contribution >= 4 is 23.6 Å². The van der Waals surface area contributed by atoms with E-state index in [1.807, 2.05) is 29.2 Å². The highest BCUT2D eigenvalue weighted by molar-refractivity contribution is 7.99. The minimum absolute atomic E-state index is 0.0154. The van der Waals surface area contributed by atoms with E-state index in [1.165, 1.54) is 5.56 Å². The molecule has 5 nitrogen and oxygen atoms in total. The maximum atomic E-state index is 12.6. The molecule has 1 saturated heterocycles. The van der Waals surface area contributed by atoms with Crippen molar-refractivity contribution in [3.63, 3.8) is 0 Å². The van der Waals surface area contributed by atoms with Crippen LogP contribution in [-0.4, -0.2) is 47.0 Å². The third kappa shape index (κ3) is 5.09. The lowest BCUT2D eigenvalue weighted by molar-refractivity contribution is -0.132. The van der Waals surface area contributed by atoms with Gasteiger partial charge in [0.15, 0.2) is 0 Å². The van der Waals surface area contributed by atoms with Crippen LogP contribution in [0.2, 0.25) is 0 Å². The number of thioether (sulfide) groups is 1. The Hall–Kier alpha value is -1.53. The van der Waals surface area contributed by atoms with Gasteiger partial charge in [-0.3, -0.25) is 9.59 Å². The third-order valence-corrected chi connectivity index (χ3v) is 6.94. The summed E-state index contributed by atoms with van der Waals surface area (Å²) in [6.45, 7) is 7.31. The molecule has 2 fully saturated rings. The van der Waals surface area contributed by atoms with E-state index < -0.39 is 6.04 Å². The number of nitrogens with two attached hydrogens (primary N) is 1. The Morgan fingerprint density at radius 3 is 2.32 bits per heavy atom. The minimum atomic E-state index is -0.403. The molecule has 0 radical (unpaired) electrons. The molecule has 1 aliphatic heterocycles. The quantitative estimate of drug-likeness (QED) is 0.810. The van der Waals surface area contributed by atoms with Crippen LogP contribution in [0.25, 0.3) is 0 Å². The van der Waals surface area contributed by atoms with Gasteiger partial charge in [-0.2, -0.15) is 0 Å². The average Bonchev–Trinajstić information content (AvgIpc) is 3.21. The molecule has 0 bridgehead atoms. The van der Waals surface area contributed by atoms with Crippen LogP contribution in [0.4, 0.5) is 0 Å². The zero-order valence-electron chi connectivity index (χ0n) is 17.2. The Labute approximate surface area is 172 Å². The first kappa shape index (κ1) is 21.2. The molecule has 1 aliphatic carbocycles. The highest BCUT2D eigenvalue weighted by Crippen LogP contribution is 2.28. The van der Waals surface area contributed by atoms with Gasteiger partial charge in [-0.05, 0) is 54.7 Å². The van der Waals surface area contributed by atoms with Gasteiger partial charge in [-0.1, -0.05) is 32.9 Å². The number of carbonyl (C=O) groups excluding carboxylic acids is 2. The Kier molecular flexibility index (Phi) is 6.71. The Bertz CT molecular complexity index is 685. The van der Waals surface area contributed by atoms with Gasteiger partial charge < -0.3 is 16.0 Å². The molecule has 1 heterocycles. The van der Waals surface area contributed by atoms with Crippen LogP contribution in [0, 0.1) is 5.92 Å². The fourth-order valence-corrected chi connectivity index (χ4v) is 4.97. The smallest absolute Gasteiger partial charge is 0.251 e. The van der Waals surface area contributed by atoms with Crippen molar-refractivity contribution < 1.29 is 9.59 Å². The van der Waals surface area contributed by atoms with E-state index >= 15 is 0 Å². The molecule has 1 unspecified atom stereocenters. The molecule has 6 heteroatoms. The summed E-state index contributed by atoms with van der Waals surface area (Å²) in [6, 6.07) is 7.64. The number of hydrogen-bond donors (Lipinski definition) is 2. The summed E-state index contributed by atoms with van der Waals surface area (Å²) in [4.78, 5) is 27.0. The molecule has 0 aromatic heterocycles. The summed E-state index contributed by atoms with van der Waals surface area (Å²) in [6.07, 6.45) is 3.54. The van der Waals surface area contributed by atoms with Crippen LogP contribution in [0.1, 0.15) is 62.4 Å². The van der Waals surface area contributed by atoms with Gasteiger partial charge in [-0.25, -0.2) is 0 Å². The van der Waals surface area contributed by atoms with Crippen molar-refractivity contribution in [1.29, 1.82) is 0 Å². The molecule has 1 atom stereocenters. The molecule has 0 spiro atoms. The number of nitrogens with one attached hydrogen (secondary N) is 1. The maximum Gasteiger partial charge on any atom is 0.251 e. The second kappa shape index (κ2) is 8.87. The molecule has 1 saturated carbocycles. The molecule has 1 aromatic rings. The fraction of sp³-hybridized carbons (Fsp3) is 0.636. The zero-order valence-corrected chi connectivity index (χ0v) is 18.1. The van der Waals surface area contributed by atoms with E-state index in [9.17, 15) is 9.59 Å². The molecule has 1 aromatic carbocycles. The summed E-state index contributed by atoms with van der Waals surface area (Å²) in [5.41, 5.74) is 8.28. The van der Waals surface area contributed by atoms with E-state index in [0.717, 1.165) is 43.9 Å². The summed E-state index contributed by atoms with van der Waals surface area (Å²) < 4.78 is 0. The Morgan fingerprint density at radius 2 is 1.79 bits per heavy atom. The van der Waals surface area contributed by atoms with Crippen LogP contribution in [0.3, 0.4) is 0 Å². The Balaban J connectivity index is 1.48. The van der Waals surface area contributed by atoms with Crippen molar-refractivity contribution in [3.8, 4) is 0 Å². The lowest BCUT2D eigenvalue weighted by atomic mass is 9.81. The highest BCUT2D eigenvalue weighted by atomic mass is 32.2. The number of benzene rings is 1. The minimum Gasteiger partial charge on any atom is -0.349 e. The standard InChI is InChI=1S/C22H33N3O2S/c1-22(2,3)17-8-4-16(5-9-17)20(26)24-18-10-6-15(7-11-18)19(23)21(27)25-12-13-28-14-25/h4-5,8-9,15,18-19H,6-7,10-14,23H2,1-3H3,(H,24,26). The van der Waals surface area contributed by atoms with E-state index in [2.05, 4.69) is 26.1 Å². The van der Waals surface area contributed by atoms with E-state index in [-0.39, 0.29) is 29.2 Å². The second-order valence-corrected chi connectivity index (χ2v) is 10.2. The number of hydrogen-bond acceptors (Lipinski definition) is 4. The highest BCUT2D eigenvalue weighted by Gasteiger charge is 2.33. The molecule has 2 amide bonds. The monoisotopic (exact) mass is 403 g/mol. The molecular formula is C22H33N3O2S. The van der Waals surface area contributed by atoms with E-state index in [1.54, 1.807) is 11.8 Å². The number of nitrogens with zero attached hydrogens (tertiary/aromatic N) is 1. The van der Waals surface area contributed by atoms with Gasteiger partial charge >= 0.3 is 0 Å². The Morgan fingerprint density at radius 1 is 1.14 bits per heavy atom. The van der Waals surface area contributed by atoms with Gasteiger partial charge in [0.1, 0.15) is 0 Å². The van der Waals surface area contributed by atoms with Crippen LogP contribution >= 0.6 is 11.8 Å². The average molecular weight is 404 g/mol. The van der Waals surface area contributed by atoms with Crippen molar-refractivity contribution in [3.05, 3.63) is 35.4 Å². The van der Waals surface area contributed by atoms with Crippen LogP contribution in [0.15, 0.2) is 24.3 Å². The molecule has 2 aliphatic rings. The number of rotatable bonds is 4. The lowest BCUT2D eigenvalue weighted by Gasteiger charge is -2.33. The second-order valence-electron chi connectivity index (χ2n) is 9.08. The molecule has 3 rings (SSSR count). The summed E-state index contributed by atoms with van der Waals surface area (Å²) >= 11 is 1.78. The number of carbonyl (C=O) groups is 2. The normalized spacial score (nSPS) is 24.1. The van der Waals surface area contributed by atoms with Crippen molar-refractivity contribution in [2.24, 2.45) is 11.7 Å². The SMILES string of the molecule is CC(C)(C)c1ccc(C(=O)NC2CCC(C(N)C(=O)N3CCSC3)CC2)cc1. The van der Waals surface area contributed by atoms with Gasteiger partial charge in [0, 0.05) is 23.9 Å². The number of amides is 2. The topological polar surface area (TPSA) is 75.4 Å². The summed E-state index contributed by atoms with van der Waals surface area (Å²) in [7, 11) is 0. The van der Waals surface area contributed by atoms with Crippen LogP contribution < -0.4 is 11.1 Å². The zero-order chi connectivity index (χ0) is 20.3. The first-order valence-corrected chi connectivity index (χ1v) is 11.4. The predicted molar refractivity (Wildman–Crippen MR) is 115 cm³/mol. The predicted octanol–water partition coefficient (Wildman–Crippen LogP) is 3.13. The van der Waals surface area contributed by atoms with Crippen molar-refractivity contribution in [2.45, 2.75) is 64.0 Å². The van der Waals surface area contributed by atoms with Crippen molar-refractivity contribution in [1.82, 2.24) is 10.2 Å². The van der Waals surface area contributed by atoms with E-state index in [0.29, 0.717) is 5.56 Å². The van der Waals surface area contributed by atoms with Crippen LogP contribution in [0.5, 0.6) is 0 Å². The molecule has 3 N–H and O–H groups in total. The summed E-state index contributed by atoms with van der Waals surface area (Å²) in [5, 5.41) is 3.16. The first-order valence-electron chi connectivity index (χ1n) is 10.3. The fourth-order valence-electron chi connectivity index (χ4n) is 4.01. The first-order chi connectivity index (χ1) is 13.3. The van der Waals surface area contributed by atoms with Gasteiger partial charge in [-0.15, -0.1) is 11.8 Å². The summed E-state index contributed by atoms with van der Waals surface area (Å²) in [5.74, 6) is 2.08. The van der Waals surface area contributed by atoms with Gasteiger partial charge in [0.2, 0.25) is 5.91 Å². The molecular weight excluding hydrogens is 370 g/mol. The molecule has 28 heavy (non-hydrogen) atoms. The maximum absolute atomic E-state index is 12.6. The lowest BCUT2D eigenvalue weighted by Crippen LogP contribution is -2.49. The van der Waals surface area contributed by atoms with Gasteiger partial charge in [0.25, 0.3) is 5.91 Å². The van der Waals surface area contributed by atoms with Crippen LogP contribution in [-0.2, 0) is 10.2 Å². The third-order valence-electron chi connectivity index (χ3n) is 5.98. The van der Waals surface area contributed by atoms with Gasteiger partial charge in [0.05, 0.1) is 11.9 Å². The largest absolute Gasteiger partial charge is 0.349 e. The van der Waals surface area contributed by atoms with E-state index in [4.69, 9.17) is 5.73 Å². The molecule has 154 valence electrons. The van der Waals surface area contributed by atoms with Crippen molar-refractivity contribution in [2.75, 3.05) is 18.2 Å².